The van der Waals surface area contributed by atoms with Crippen LogP contribution in [-0.2, 0) is 9.53 Å². The molecule has 0 aromatic rings. The summed E-state index contributed by atoms with van der Waals surface area (Å²) in [6.07, 6.45) is 11.8. The zero-order valence-corrected chi connectivity index (χ0v) is 21.3. The molecule has 2 saturated carbocycles. The van der Waals surface area contributed by atoms with E-state index in [1.54, 1.807) is 16.2 Å². The number of hydrogen-bond acceptors (Lipinski definition) is 4. The monoisotopic (exact) mass is 453 g/mol. The minimum atomic E-state index is -0.259. The number of fused-ring (bicyclic) bond motifs is 6. The molecule has 4 aliphatic carbocycles. The number of carbonyl (C=O) groups is 1. The molecule has 3 unspecified atom stereocenters. The second-order valence-corrected chi connectivity index (χ2v) is 13.3. The van der Waals surface area contributed by atoms with Crippen molar-refractivity contribution in [2.45, 2.75) is 110 Å². The minimum absolute atomic E-state index is 0.0956. The Morgan fingerprint density at radius 3 is 2.73 bits per heavy atom. The standard InChI is InChI=1S/C29H43NO3/c1-17-14-28(5)26(30(32)16-17)19(3)29(33-28)11-9-22-23-7-6-20-12-21(31)8-10-27(20,4)25(23)13-24(22)18(2)15-29/h12,17,19,22-23,25-26,32H,6-11,13-16H2,1-5H3/t17-,19+,22-,23?,25-,26-,27-,28?,29?/m0/s1. The summed E-state index contributed by atoms with van der Waals surface area (Å²) in [4.78, 5) is 12.1. The number of ether oxygens (including phenoxy) is 1. The molecule has 182 valence electrons. The van der Waals surface area contributed by atoms with Gasteiger partial charge in [-0.3, -0.25) is 4.79 Å². The molecule has 0 aromatic heterocycles. The van der Waals surface area contributed by atoms with Gasteiger partial charge in [0.1, 0.15) is 0 Å². The van der Waals surface area contributed by atoms with E-state index in [0.717, 1.165) is 51.0 Å². The molecule has 2 saturated heterocycles. The quantitative estimate of drug-likeness (QED) is 0.451. The van der Waals surface area contributed by atoms with Crippen molar-refractivity contribution in [3.63, 3.8) is 0 Å². The summed E-state index contributed by atoms with van der Waals surface area (Å²) >= 11 is 0. The fourth-order valence-corrected chi connectivity index (χ4v) is 10.0. The second kappa shape index (κ2) is 7.27. The molecule has 0 aromatic carbocycles. The summed E-state index contributed by atoms with van der Waals surface area (Å²) in [6.45, 7) is 12.4. The van der Waals surface area contributed by atoms with E-state index in [1.807, 2.05) is 6.08 Å². The molecule has 1 N–H and O–H groups in total. The Kier molecular flexibility index (Phi) is 4.96. The molecular weight excluding hydrogens is 410 g/mol. The van der Waals surface area contributed by atoms with Gasteiger partial charge in [0.2, 0.25) is 0 Å². The molecule has 9 atom stereocenters. The number of rotatable bonds is 0. The van der Waals surface area contributed by atoms with Gasteiger partial charge in [-0.15, -0.1) is 0 Å². The maximum absolute atomic E-state index is 12.1. The van der Waals surface area contributed by atoms with Crippen molar-refractivity contribution in [2.24, 2.45) is 35.0 Å². The van der Waals surface area contributed by atoms with Gasteiger partial charge in [-0.2, -0.15) is 5.06 Å². The third-order valence-corrected chi connectivity index (χ3v) is 11.4. The summed E-state index contributed by atoms with van der Waals surface area (Å²) in [5, 5.41) is 12.5. The highest BCUT2D eigenvalue weighted by Gasteiger charge is 2.63. The first-order chi connectivity index (χ1) is 15.6. The lowest BCUT2D eigenvalue weighted by Gasteiger charge is -2.48. The summed E-state index contributed by atoms with van der Waals surface area (Å²) in [6, 6.07) is 0.0956. The molecule has 4 heteroatoms. The number of ketones is 1. The van der Waals surface area contributed by atoms with Gasteiger partial charge in [0.15, 0.2) is 5.78 Å². The number of carbonyl (C=O) groups excluding carboxylic acids is 1. The molecule has 4 fully saturated rings. The maximum atomic E-state index is 12.1. The van der Waals surface area contributed by atoms with Crippen LogP contribution in [0, 0.1) is 35.0 Å². The molecule has 2 aliphatic heterocycles. The molecule has 6 rings (SSSR count). The van der Waals surface area contributed by atoms with Crippen LogP contribution in [0.25, 0.3) is 0 Å². The van der Waals surface area contributed by atoms with Crippen molar-refractivity contribution in [2.75, 3.05) is 6.54 Å². The molecule has 0 radical (unpaired) electrons. The fraction of sp³-hybridized carbons (Fsp3) is 0.828. The first-order valence-corrected chi connectivity index (χ1v) is 13.6. The van der Waals surface area contributed by atoms with Gasteiger partial charge in [0.05, 0.1) is 17.2 Å². The second-order valence-electron chi connectivity index (χ2n) is 13.3. The molecule has 2 heterocycles. The molecule has 6 aliphatic rings. The molecule has 33 heavy (non-hydrogen) atoms. The van der Waals surface area contributed by atoms with Gasteiger partial charge in [0, 0.05) is 18.9 Å². The van der Waals surface area contributed by atoms with Crippen LogP contribution in [-0.4, -0.2) is 39.8 Å². The lowest BCUT2D eigenvalue weighted by molar-refractivity contribution is -0.211. The van der Waals surface area contributed by atoms with Crippen molar-refractivity contribution < 1.29 is 14.7 Å². The number of allylic oxidation sites excluding steroid dienone is 3. The molecular formula is C29H43NO3. The van der Waals surface area contributed by atoms with Crippen LogP contribution in [0.4, 0.5) is 0 Å². The van der Waals surface area contributed by atoms with E-state index in [9.17, 15) is 10.0 Å². The lowest BCUT2D eigenvalue weighted by atomic mass is 9.56. The Labute approximate surface area is 199 Å². The highest BCUT2D eigenvalue weighted by Crippen LogP contribution is 2.64. The average molecular weight is 454 g/mol. The van der Waals surface area contributed by atoms with Crippen LogP contribution >= 0.6 is 0 Å². The molecule has 0 amide bonds. The molecule has 1 spiro atoms. The first-order valence-electron chi connectivity index (χ1n) is 13.6. The Morgan fingerprint density at radius 1 is 1.15 bits per heavy atom. The first kappa shape index (κ1) is 22.5. The van der Waals surface area contributed by atoms with Crippen molar-refractivity contribution in [1.82, 2.24) is 5.06 Å². The van der Waals surface area contributed by atoms with E-state index in [0.29, 0.717) is 29.5 Å². The van der Waals surface area contributed by atoms with Gasteiger partial charge in [-0.05, 0) is 100 Å². The van der Waals surface area contributed by atoms with Crippen LogP contribution in [0.3, 0.4) is 0 Å². The van der Waals surface area contributed by atoms with Gasteiger partial charge in [-0.25, -0.2) is 0 Å². The van der Waals surface area contributed by atoms with Crippen LogP contribution in [0.2, 0.25) is 0 Å². The summed E-state index contributed by atoms with van der Waals surface area (Å²) in [5.74, 6) is 3.26. The van der Waals surface area contributed by atoms with Crippen LogP contribution in [0.1, 0.15) is 92.4 Å². The topological polar surface area (TPSA) is 49.8 Å². The van der Waals surface area contributed by atoms with E-state index in [1.165, 1.54) is 24.8 Å². The summed E-state index contributed by atoms with van der Waals surface area (Å²) in [7, 11) is 0. The number of hydrogen-bond donors (Lipinski definition) is 1. The van der Waals surface area contributed by atoms with Crippen molar-refractivity contribution >= 4 is 5.78 Å². The third-order valence-electron chi connectivity index (χ3n) is 11.4. The fourth-order valence-electron chi connectivity index (χ4n) is 10.0. The van der Waals surface area contributed by atoms with Crippen LogP contribution < -0.4 is 0 Å². The van der Waals surface area contributed by atoms with Crippen molar-refractivity contribution in [3.05, 3.63) is 22.8 Å². The highest BCUT2D eigenvalue weighted by atomic mass is 16.6. The largest absolute Gasteiger partial charge is 0.366 e. The number of hydroxylamine groups is 2. The number of piperidine rings is 1. The Morgan fingerprint density at radius 2 is 1.94 bits per heavy atom. The van der Waals surface area contributed by atoms with Crippen molar-refractivity contribution in [1.29, 1.82) is 0 Å². The lowest BCUT2D eigenvalue weighted by Crippen LogP contribution is -2.56. The Hall–Kier alpha value is -0.970. The Bertz CT molecular complexity index is 937. The highest BCUT2D eigenvalue weighted by molar-refractivity contribution is 5.91. The zero-order valence-electron chi connectivity index (χ0n) is 21.3. The Balaban J connectivity index is 1.32. The van der Waals surface area contributed by atoms with E-state index in [-0.39, 0.29) is 22.7 Å². The van der Waals surface area contributed by atoms with E-state index < -0.39 is 0 Å². The average Bonchev–Trinajstić information content (AvgIpc) is 3.16. The summed E-state index contributed by atoms with van der Waals surface area (Å²) < 4.78 is 7.12. The van der Waals surface area contributed by atoms with E-state index in [4.69, 9.17) is 4.74 Å². The third kappa shape index (κ3) is 3.09. The smallest absolute Gasteiger partial charge is 0.155 e. The van der Waals surface area contributed by atoms with Crippen LogP contribution in [0.5, 0.6) is 0 Å². The van der Waals surface area contributed by atoms with Gasteiger partial charge < -0.3 is 9.94 Å². The molecule has 4 nitrogen and oxygen atoms in total. The van der Waals surface area contributed by atoms with Gasteiger partial charge in [-0.1, -0.05) is 37.5 Å². The predicted octanol–water partition coefficient (Wildman–Crippen LogP) is 6.09. The minimum Gasteiger partial charge on any atom is -0.366 e. The predicted molar refractivity (Wildman–Crippen MR) is 129 cm³/mol. The summed E-state index contributed by atoms with van der Waals surface area (Å²) in [5.41, 5.74) is 4.56. The van der Waals surface area contributed by atoms with Crippen molar-refractivity contribution in [3.8, 4) is 0 Å². The van der Waals surface area contributed by atoms with E-state index in [2.05, 4.69) is 34.6 Å². The van der Waals surface area contributed by atoms with E-state index >= 15 is 0 Å². The zero-order chi connectivity index (χ0) is 23.3. The van der Waals surface area contributed by atoms with Crippen LogP contribution in [0.15, 0.2) is 22.8 Å². The normalized spacial score (nSPS) is 52.2. The number of nitrogens with zero attached hydrogens (tertiary/aromatic N) is 1. The molecule has 0 bridgehead atoms. The van der Waals surface area contributed by atoms with Gasteiger partial charge in [0.25, 0.3) is 0 Å². The SMILES string of the molecule is CC1=C2C[C@H]3C(CCC4=CC(=O)CC[C@@]43C)[C@@H]2CCC2(C1)OC1(C)C[C@H](C)CN(O)[C@H]1[C@H]2C. The van der Waals surface area contributed by atoms with Gasteiger partial charge >= 0.3 is 0 Å². The maximum Gasteiger partial charge on any atom is 0.155 e.